The average Bonchev–Trinajstić information content (AvgIpc) is 2.51. The van der Waals surface area contributed by atoms with Crippen molar-refractivity contribution in [1.82, 2.24) is 0 Å². The number of nitrogens with one attached hydrogen (secondary N) is 3. The van der Waals surface area contributed by atoms with Gasteiger partial charge in [0, 0.05) is 24.0 Å². The van der Waals surface area contributed by atoms with E-state index < -0.39 is 17.6 Å². The van der Waals surface area contributed by atoms with Crippen LogP contribution in [0.25, 0.3) is 0 Å². The van der Waals surface area contributed by atoms with Crippen LogP contribution in [-0.4, -0.2) is 17.7 Å². The molecule has 0 fully saturated rings. The Balaban J connectivity index is 1.84. The number of benzene rings is 2. The zero-order chi connectivity index (χ0) is 17.5. The molecule has 0 radical (unpaired) electrons. The molecule has 0 atom stereocenters. The van der Waals surface area contributed by atoms with Crippen LogP contribution in [0.4, 0.5) is 21.5 Å². The van der Waals surface area contributed by atoms with Crippen molar-refractivity contribution in [3.05, 3.63) is 54.3 Å². The quantitative estimate of drug-likeness (QED) is 0.737. The van der Waals surface area contributed by atoms with Crippen LogP contribution in [-0.2, 0) is 14.4 Å². The highest BCUT2D eigenvalue weighted by atomic mass is 19.1. The van der Waals surface area contributed by atoms with Crippen LogP contribution in [0.15, 0.2) is 48.5 Å². The molecule has 2 aromatic carbocycles. The Morgan fingerprint density at radius 2 is 1.12 bits per heavy atom. The second-order valence-corrected chi connectivity index (χ2v) is 5.04. The molecule has 0 unspecified atom stereocenters. The van der Waals surface area contributed by atoms with Crippen LogP contribution in [0, 0.1) is 5.82 Å². The van der Waals surface area contributed by atoms with Gasteiger partial charge in [-0.3, -0.25) is 14.4 Å². The van der Waals surface area contributed by atoms with Gasteiger partial charge in [0.25, 0.3) is 0 Å². The van der Waals surface area contributed by atoms with Crippen LogP contribution in [0.3, 0.4) is 0 Å². The maximum Gasteiger partial charge on any atom is 0.233 e. The highest BCUT2D eigenvalue weighted by Gasteiger charge is 2.10. The van der Waals surface area contributed by atoms with Gasteiger partial charge in [-0.25, -0.2) is 4.39 Å². The number of anilines is 3. The van der Waals surface area contributed by atoms with E-state index in [1.165, 1.54) is 31.2 Å². The first-order chi connectivity index (χ1) is 11.4. The number of carbonyl (C=O) groups is 3. The summed E-state index contributed by atoms with van der Waals surface area (Å²) in [7, 11) is 0. The van der Waals surface area contributed by atoms with Gasteiger partial charge in [-0.1, -0.05) is 0 Å². The van der Waals surface area contributed by atoms with Gasteiger partial charge in [-0.05, 0) is 48.5 Å². The first-order valence-electron chi connectivity index (χ1n) is 7.15. The van der Waals surface area contributed by atoms with E-state index in [1.807, 2.05) is 0 Å². The molecule has 0 spiro atoms. The Labute approximate surface area is 138 Å². The highest BCUT2D eigenvalue weighted by Crippen LogP contribution is 2.14. The Morgan fingerprint density at radius 3 is 1.54 bits per heavy atom. The smallest absolute Gasteiger partial charge is 0.233 e. The van der Waals surface area contributed by atoms with Crippen molar-refractivity contribution in [1.29, 1.82) is 0 Å². The second-order valence-electron chi connectivity index (χ2n) is 5.04. The fourth-order valence-electron chi connectivity index (χ4n) is 1.93. The van der Waals surface area contributed by atoms with Crippen LogP contribution in [0.2, 0.25) is 0 Å². The standard InChI is InChI=1S/C17H16FN3O3/c1-11(22)19-13-6-8-15(9-7-13)21-17(24)10-16(23)20-14-4-2-12(18)3-5-14/h2-9H,10H2,1H3,(H,19,22)(H,20,23)(H,21,24). The predicted molar refractivity (Wildman–Crippen MR) is 89.0 cm³/mol. The van der Waals surface area contributed by atoms with Gasteiger partial charge in [-0.2, -0.15) is 0 Å². The normalized spacial score (nSPS) is 9.92. The Bertz CT molecular complexity index is 743. The molecule has 0 bridgehead atoms. The van der Waals surface area contributed by atoms with E-state index in [4.69, 9.17) is 0 Å². The molecule has 3 N–H and O–H groups in total. The fourth-order valence-corrected chi connectivity index (χ4v) is 1.93. The number of halogens is 1. The summed E-state index contributed by atoms with van der Waals surface area (Å²) in [4.78, 5) is 34.5. The van der Waals surface area contributed by atoms with Gasteiger partial charge in [-0.15, -0.1) is 0 Å². The third-order valence-electron chi connectivity index (χ3n) is 2.94. The SMILES string of the molecule is CC(=O)Nc1ccc(NC(=O)CC(=O)Nc2ccc(F)cc2)cc1. The monoisotopic (exact) mass is 329 g/mol. The summed E-state index contributed by atoms with van der Waals surface area (Å²) in [5.74, 6) is -1.59. The first-order valence-corrected chi connectivity index (χ1v) is 7.15. The van der Waals surface area contributed by atoms with Crippen LogP contribution < -0.4 is 16.0 Å². The lowest BCUT2D eigenvalue weighted by Gasteiger charge is -2.08. The van der Waals surface area contributed by atoms with Crippen molar-refractivity contribution in [3.63, 3.8) is 0 Å². The summed E-state index contributed by atoms with van der Waals surface area (Å²) in [5.41, 5.74) is 1.52. The van der Waals surface area contributed by atoms with Crippen molar-refractivity contribution in [3.8, 4) is 0 Å². The Morgan fingerprint density at radius 1 is 0.750 bits per heavy atom. The summed E-state index contributed by atoms with van der Waals surface area (Å²) in [5, 5.41) is 7.68. The molecule has 0 saturated heterocycles. The molecule has 24 heavy (non-hydrogen) atoms. The number of hydrogen-bond donors (Lipinski definition) is 3. The molecule has 0 heterocycles. The maximum absolute atomic E-state index is 12.8. The van der Waals surface area contributed by atoms with Crippen LogP contribution >= 0.6 is 0 Å². The van der Waals surface area contributed by atoms with Crippen LogP contribution in [0.5, 0.6) is 0 Å². The lowest BCUT2D eigenvalue weighted by Crippen LogP contribution is -2.21. The number of amides is 3. The maximum atomic E-state index is 12.8. The van der Waals surface area contributed by atoms with Crippen molar-refractivity contribution < 1.29 is 18.8 Å². The fraction of sp³-hybridized carbons (Fsp3) is 0.118. The molecule has 0 aromatic heterocycles. The van der Waals surface area contributed by atoms with Crippen molar-refractivity contribution >= 4 is 34.8 Å². The van der Waals surface area contributed by atoms with Crippen molar-refractivity contribution in [2.45, 2.75) is 13.3 Å². The molecular weight excluding hydrogens is 313 g/mol. The van der Waals surface area contributed by atoms with E-state index in [2.05, 4.69) is 16.0 Å². The molecule has 0 aliphatic heterocycles. The topological polar surface area (TPSA) is 87.3 Å². The molecule has 3 amide bonds. The van der Waals surface area contributed by atoms with Gasteiger partial charge in [0.1, 0.15) is 12.2 Å². The minimum atomic E-state index is -0.506. The molecule has 0 aliphatic rings. The number of rotatable bonds is 5. The molecular formula is C17H16FN3O3. The van der Waals surface area contributed by atoms with Gasteiger partial charge >= 0.3 is 0 Å². The van der Waals surface area contributed by atoms with E-state index in [-0.39, 0.29) is 12.3 Å². The average molecular weight is 329 g/mol. The Hall–Kier alpha value is -3.22. The van der Waals surface area contributed by atoms with E-state index in [1.54, 1.807) is 24.3 Å². The first kappa shape index (κ1) is 17.1. The summed E-state index contributed by atoms with van der Waals surface area (Å²) >= 11 is 0. The molecule has 7 heteroatoms. The third-order valence-corrected chi connectivity index (χ3v) is 2.94. The lowest BCUT2D eigenvalue weighted by atomic mass is 10.2. The van der Waals surface area contributed by atoms with E-state index in [0.29, 0.717) is 17.1 Å². The molecule has 2 aromatic rings. The Kier molecular flexibility index (Phi) is 5.62. The highest BCUT2D eigenvalue weighted by molar-refractivity contribution is 6.08. The molecule has 124 valence electrons. The molecule has 0 aliphatic carbocycles. The zero-order valence-corrected chi connectivity index (χ0v) is 12.9. The van der Waals surface area contributed by atoms with E-state index in [0.717, 1.165) is 0 Å². The zero-order valence-electron chi connectivity index (χ0n) is 12.9. The van der Waals surface area contributed by atoms with Crippen molar-refractivity contribution in [2.75, 3.05) is 16.0 Å². The van der Waals surface area contributed by atoms with Gasteiger partial charge < -0.3 is 16.0 Å². The number of hydrogen-bond acceptors (Lipinski definition) is 3. The minimum Gasteiger partial charge on any atom is -0.326 e. The summed E-state index contributed by atoms with van der Waals surface area (Å²) in [6, 6.07) is 11.7. The molecule has 6 nitrogen and oxygen atoms in total. The van der Waals surface area contributed by atoms with Gasteiger partial charge in [0.05, 0.1) is 0 Å². The summed E-state index contributed by atoms with van der Waals surface area (Å²) in [6.07, 6.45) is -0.370. The lowest BCUT2D eigenvalue weighted by molar-refractivity contribution is -0.123. The predicted octanol–water partition coefficient (Wildman–Crippen LogP) is 2.75. The van der Waals surface area contributed by atoms with Crippen molar-refractivity contribution in [2.24, 2.45) is 0 Å². The summed E-state index contributed by atoms with van der Waals surface area (Å²) in [6.45, 7) is 1.40. The number of carbonyl (C=O) groups excluding carboxylic acids is 3. The van der Waals surface area contributed by atoms with Gasteiger partial charge in [0.15, 0.2) is 0 Å². The van der Waals surface area contributed by atoms with E-state index >= 15 is 0 Å². The van der Waals surface area contributed by atoms with Gasteiger partial charge in [0.2, 0.25) is 17.7 Å². The third kappa shape index (κ3) is 5.53. The summed E-state index contributed by atoms with van der Waals surface area (Å²) < 4.78 is 12.8. The van der Waals surface area contributed by atoms with Crippen LogP contribution in [0.1, 0.15) is 13.3 Å². The second kappa shape index (κ2) is 7.87. The molecule has 2 rings (SSSR count). The van der Waals surface area contributed by atoms with E-state index in [9.17, 15) is 18.8 Å². The largest absolute Gasteiger partial charge is 0.326 e. The molecule has 0 saturated carbocycles. The minimum absolute atomic E-state index is 0.191.